The molecule has 0 radical (unpaired) electrons. The molecule has 0 saturated carbocycles. The third-order valence-corrected chi connectivity index (χ3v) is 4.27. The molecule has 130 valence electrons. The van der Waals surface area contributed by atoms with Gasteiger partial charge >= 0.3 is 0 Å². The van der Waals surface area contributed by atoms with Gasteiger partial charge in [-0.1, -0.05) is 12.1 Å². The van der Waals surface area contributed by atoms with Crippen molar-refractivity contribution in [3.05, 3.63) is 51.9 Å². The van der Waals surface area contributed by atoms with E-state index in [4.69, 9.17) is 9.73 Å². The largest absolute Gasteiger partial charge is 0.508 e. The number of anilines is 1. The minimum atomic E-state index is -0.582. The van der Waals surface area contributed by atoms with Crippen LogP contribution in [-0.4, -0.2) is 51.8 Å². The van der Waals surface area contributed by atoms with E-state index >= 15 is 0 Å². The van der Waals surface area contributed by atoms with Crippen molar-refractivity contribution in [2.45, 2.75) is 13.1 Å². The Bertz CT molecular complexity index is 886. The van der Waals surface area contributed by atoms with Crippen molar-refractivity contribution in [2.75, 3.05) is 31.6 Å². The highest BCUT2D eigenvalue weighted by molar-refractivity contribution is 5.93. The molecule has 0 amide bonds. The summed E-state index contributed by atoms with van der Waals surface area (Å²) in [6.45, 7) is 4.48. The monoisotopic (exact) mass is 341 g/mol. The van der Waals surface area contributed by atoms with Crippen molar-refractivity contribution < 1.29 is 9.84 Å². The number of hydrogen-bond donors (Lipinski definition) is 2. The number of phenols is 1. The molecule has 4 rings (SSSR count). The molecule has 1 unspecified atom stereocenters. The zero-order chi connectivity index (χ0) is 17.4. The van der Waals surface area contributed by atoms with Crippen LogP contribution in [0.2, 0.25) is 0 Å². The van der Waals surface area contributed by atoms with E-state index < -0.39 is 6.17 Å². The average Bonchev–Trinajstić information content (AvgIpc) is 2.61. The number of hydrogen-bond acceptors (Lipinski definition) is 7. The van der Waals surface area contributed by atoms with E-state index in [1.807, 2.05) is 6.07 Å². The Labute approximate surface area is 144 Å². The molecule has 2 N–H and O–H groups in total. The summed E-state index contributed by atoms with van der Waals surface area (Å²) in [4.78, 5) is 23.8. The molecule has 2 aliphatic heterocycles. The number of morpholine rings is 1. The molecule has 25 heavy (non-hydrogen) atoms. The van der Waals surface area contributed by atoms with E-state index in [9.17, 15) is 9.90 Å². The van der Waals surface area contributed by atoms with Gasteiger partial charge in [0.15, 0.2) is 6.17 Å². The smallest absolute Gasteiger partial charge is 0.257 e. The van der Waals surface area contributed by atoms with Crippen molar-refractivity contribution >= 4 is 11.9 Å². The van der Waals surface area contributed by atoms with Crippen LogP contribution >= 0.6 is 0 Å². The second kappa shape index (κ2) is 6.21. The maximum Gasteiger partial charge on any atom is 0.257 e. The lowest BCUT2D eigenvalue weighted by Crippen LogP contribution is -2.47. The standard InChI is InChI=1S/C17H19N5O3/c1-11-9-14(24)22-15(12-3-2-4-13(23)10-12)19-16(20-17(22)18-11)21-5-7-25-8-6-21/h2-4,9-10,15,23H,5-8H2,1H3,(H,18,19,20). The number of aromatic nitrogens is 2. The normalized spacial score (nSPS) is 19.8. The first-order valence-electron chi connectivity index (χ1n) is 8.18. The van der Waals surface area contributed by atoms with Crippen molar-refractivity contribution in [2.24, 2.45) is 4.99 Å². The van der Waals surface area contributed by atoms with Gasteiger partial charge in [-0.05, 0) is 19.1 Å². The molecule has 0 aliphatic carbocycles. The van der Waals surface area contributed by atoms with Crippen LogP contribution in [0.25, 0.3) is 0 Å². The molecule has 1 saturated heterocycles. The van der Waals surface area contributed by atoms with Crippen LogP contribution in [0, 0.1) is 6.92 Å². The fourth-order valence-electron chi connectivity index (χ4n) is 3.08. The van der Waals surface area contributed by atoms with Crippen LogP contribution in [0.1, 0.15) is 17.4 Å². The van der Waals surface area contributed by atoms with Gasteiger partial charge in [0.1, 0.15) is 5.75 Å². The molecular formula is C17H19N5O3. The van der Waals surface area contributed by atoms with Crippen molar-refractivity contribution in [3.63, 3.8) is 0 Å². The van der Waals surface area contributed by atoms with E-state index in [1.54, 1.807) is 25.1 Å². The van der Waals surface area contributed by atoms with Crippen LogP contribution in [0.3, 0.4) is 0 Å². The van der Waals surface area contributed by atoms with Gasteiger partial charge in [-0.3, -0.25) is 14.7 Å². The summed E-state index contributed by atoms with van der Waals surface area (Å²) in [5.41, 5.74) is 1.18. The Morgan fingerprint density at radius 2 is 2.08 bits per heavy atom. The van der Waals surface area contributed by atoms with Gasteiger partial charge in [-0.25, -0.2) is 9.98 Å². The van der Waals surface area contributed by atoms with Gasteiger partial charge in [0.2, 0.25) is 11.9 Å². The Balaban J connectivity index is 1.83. The highest BCUT2D eigenvalue weighted by Gasteiger charge is 2.28. The summed E-state index contributed by atoms with van der Waals surface area (Å²) in [6.07, 6.45) is -0.582. The number of fused-ring (bicyclic) bond motifs is 1. The van der Waals surface area contributed by atoms with E-state index in [0.29, 0.717) is 43.9 Å². The number of aryl methyl sites for hydroxylation is 1. The minimum Gasteiger partial charge on any atom is -0.508 e. The van der Waals surface area contributed by atoms with E-state index in [0.717, 1.165) is 5.56 Å². The zero-order valence-corrected chi connectivity index (χ0v) is 13.8. The van der Waals surface area contributed by atoms with Gasteiger partial charge in [0, 0.05) is 30.4 Å². The van der Waals surface area contributed by atoms with Crippen LogP contribution in [0.5, 0.6) is 5.75 Å². The average molecular weight is 341 g/mol. The molecule has 1 aromatic carbocycles. The zero-order valence-electron chi connectivity index (χ0n) is 13.8. The molecule has 8 heteroatoms. The number of benzene rings is 1. The molecule has 1 atom stereocenters. The molecule has 8 nitrogen and oxygen atoms in total. The van der Waals surface area contributed by atoms with Crippen LogP contribution in [0.4, 0.5) is 5.95 Å². The molecule has 0 spiro atoms. The SMILES string of the molecule is Cc1cc(=O)n2c(n1)NC(N1CCOCC1)=NC2c1cccc(O)c1. The highest BCUT2D eigenvalue weighted by Crippen LogP contribution is 2.28. The quantitative estimate of drug-likeness (QED) is 0.801. The molecule has 2 aliphatic rings. The van der Waals surface area contributed by atoms with Crippen molar-refractivity contribution in [1.29, 1.82) is 0 Å². The van der Waals surface area contributed by atoms with Crippen LogP contribution in [-0.2, 0) is 4.74 Å². The van der Waals surface area contributed by atoms with Crippen LogP contribution < -0.4 is 10.9 Å². The third kappa shape index (κ3) is 2.96. The Kier molecular flexibility index (Phi) is 3.89. The van der Waals surface area contributed by atoms with Crippen molar-refractivity contribution in [1.82, 2.24) is 14.5 Å². The Morgan fingerprint density at radius 1 is 1.28 bits per heavy atom. The Hall–Kier alpha value is -2.87. The first-order chi connectivity index (χ1) is 12.1. The summed E-state index contributed by atoms with van der Waals surface area (Å²) in [7, 11) is 0. The number of nitrogens with one attached hydrogen (secondary N) is 1. The third-order valence-electron chi connectivity index (χ3n) is 4.27. The predicted molar refractivity (Wildman–Crippen MR) is 92.9 cm³/mol. The Morgan fingerprint density at radius 3 is 2.84 bits per heavy atom. The summed E-state index contributed by atoms with van der Waals surface area (Å²) in [5.74, 6) is 1.25. The number of nitrogens with zero attached hydrogens (tertiary/aromatic N) is 4. The van der Waals surface area contributed by atoms with Crippen LogP contribution in [0.15, 0.2) is 40.1 Å². The van der Waals surface area contributed by atoms with Gasteiger partial charge in [0.05, 0.1) is 13.2 Å². The first-order valence-corrected chi connectivity index (χ1v) is 8.18. The minimum absolute atomic E-state index is 0.133. The molecule has 1 fully saturated rings. The molecular weight excluding hydrogens is 322 g/mol. The lowest BCUT2D eigenvalue weighted by molar-refractivity contribution is 0.0675. The molecule has 0 bridgehead atoms. The molecule has 2 aromatic rings. The number of guanidine groups is 1. The summed E-state index contributed by atoms with van der Waals surface area (Å²) >= 11 is 0. The second-order valence-corrected chi connectivity index (χ2v) is 6.08. The number of ether oxygens (including phenoxy) is 1. The predicted octanol–water partition coefficient (Wildman–Crippen LogP) is 0.918. The number of phenolic OH excluding ortho intramolecular Hbond substituents is 1. The lowest BCUT2D eigenvalue weighted by atomic mass is 10.1. The summed E-state index contributed by atoms with van der Waals surface area (Å²) in [6, 6.07) is 8.27. The second-order valence-electron chi connectivity index (χ2n) is 6.08. The summed E-state index contributed by atoms with van der Waals surface area (Å²) in [5, 5.41) is 13.0. The van der Waals surface area contributed by atoms with Gasteiger partial charge < -0.3 is 14.7 Å². The van der Waals surface area contributed by atoms with Crippen molar-refractivity contribution in [3.8, 4) is 5.75 Å². The van der Waals surface area contributed by atoms with E-state index in [2.05, 4.69) is 15.2 Å². The summed E-state index contributed by atoms with van der Waals surface area (Å²) < 4.78 is 6.90. The molecule has 3 heterocycles. The number of rotatable bonds is 1. The topological polar surface area (TPSA) is 92.0 Å². The fourth-order valence-corrected chi connectivity index (χ4v) is 3.08. The first kappa shape index (κ1) is 15.6. The number of aromatic hydroxyl groups is 1. The molecule has 1 aromatic heterocycles. The van der Waals surface area contributed by atoms with Gasteiger partial charge in [0.25, 0.3) is 5.56 Å². The highest BCUT2D eigenvalue weighted by atomic mass is 16.5. The van der Waals surface area contributed by atoms with Gasteiger partial charge in [-0.2, -0.15) is 0 Å². The maximum atomic E-state index is 12.6. The lowest BCUT2D eigenvalue weighted by Gasteiger charge is -2.34. The van der Waals surface area contributed by atoms with E-state index in [-0.39, 0.29) is 11.3 Å². The van der Waals surface area contributed by atoms with E-state index in [1.165, 1.54) is 10.6 Å². The maximum absolute atomic E-state index is 12.6. The number of aliphatic imine (C=N–C) groups is 1. The van der Waals surface area contributed by atoms with Gasteiger partial charge in [-0.15, -0.1) is 0 Å². The fraction of sp³-hybridized carbons (Fsp3) is 0.353.